The molecule has 1 heterocycles. The molecule has 0 spiro atoms. The minimum atomic E-state index is -3.79. The molecule has 1 aliphatic rings. The standard InChI is InChI=1S/C18H18FN3O4S/c19-16-6-1-2-7-17(16)20-18(24)14-4-3-5-15(12-14)27(25,26)22-10-8-21(13-23)9-11-22/h1-7,12-13H,8-11H2,(H,20,24). The van der Waals surface area contributed by atoms with E-state index in [0.29, 0.717) is 19.5 Å². The third-order valence-corrected chi connectivity index (χ3v) is 6.17. The number of nitrogens with one attached hydrogen (secondary N) is 1. The van der Waals surface area contributed by atoms with Gasteiger partial charge in [0.05, 0.1) is 10.6 Å². The number of anilines is 1. The lowest BCUT2D eigenvalue weighted by Gasteiger charge is -2.31. The van der Waals surface area contributed by atoms with Crippen LogP contribution in [0.5, 0.6) is 0 Å². The first kappa shape index (κ1) is 19.0. The molecule has 142 valence electrons. The van der Waals surface area contributed by atoms with Gasteiger partial charge >= 0.3 is 0 Å². The van der Waals surface area contributed by atoms with Crippen LogP contribution in [0.2, 0.25) is 0 Å². The van der Waals surface area contributed by atoms with Gasteiger partial charge in [-0.1, -0.05) is 18.2 Å². The highest BCUT2D eigenvalue weighted by Crippen LogP contribution is 2.20. The van der Waals surface area contributed by atoms with E-state index >= 15 is 0 Å². The van der Waals surface area contributed by atoms with Gasteiger partial charge in [0.15, 0.2) is 0 Å². The van der Waals surface area contributed by atoms with Gasteiger partial charge in [-0.2, -0.15) is 4.31 Å². The zero-order valence-corrected chi connectivity index (χ0v) is 15.2. The predicted molar refractivity (Wildman–Crippen MR) is 97.2 cm³/mol. The Labute approximate surface area is 156 Å². The van der Waals surface area contributed by atoms with Gasteiger partial charge in [-0.25, -0.2) is 12.8 Å². The molecule has 3 rings (SSSR count). The summed E-state index contributed by atoms with van der Waals surface area (Å²) in [5, 5.41) is 2.43. The van der Waals surface area contributed by atoms with Crippen LogP contribution in [0.15, 0.2) is 53.4 Å². The van der Waals surface area contributed by atoms with Crippen molar-refractivity contribution in [1.82, 2.24) is 9.21 Å². The summed E-state index contributed by atoms with van der Waals surface area (Å²) in [6, 6.07) is 11.3. The van der Waals surface area contributed by atoms with Gasteiger partial charge in [0, 0.05) is 31.7 Å². The van der Waals surface area contributed by atoms with Crippen LogP contribution in [0, 0.1) is 5.82 Å². The van der Waals surface area contributed by atoms with E-state index in [4.69, 9.17) is 0 Å². The highest BCUT2D eigenvalue weighted by molar-refractivity contribution is 7.89. The quantitative estimate of drug-likeness (QED) is 0.784. The number of carbonyl (C=O) groups is 2. The summed E-state index contributed by atoms with van der Waals surface area (Å²) in [7, 11) is -3.79. The Morgan fingerprint density at radius 1 is 1.04 bits per heavy atom. The molecule has 0 aliphatic carbocycles. The van der Waals surface area contributed by atoms with Crippen molar-refractivity contribution >= 4 is 28.0 Å². The number of hydrogen-bond acceptors (Lipinski definition) is 4. The number of para-hydroxylation sites is 1. The van der Waals surface area contributed by atoms with Gasteiger partial charge in [0.25, 0.3) is 5.91 Å². The molecule has 1 fully saturated rings. The molecule has 2 aromatic rings. The molecule has 0 saturated carbocycles. The Morgan fingerprint density at radius 3 is 2.41 bits per heavy atom. The fourth-order valence-electron chi connectivity index (χ4n) is 2.75. The van der Waals surface area contributed by atoms with Crippen LogP contribution >= 0.6 is 0 Å². The summed E-state index contributed by atoms with van der Waals surface area (Å²) >= 11 is 0. The highest BCUT2D eigenvalue weighted by Gasteiger charge is 2.28. The average molecular weight is 391 g/mol. The first-order valence-electron chi connectivity index (χ1n) is 8.27. The number of halogens is 1. The molecule has 1 N–H and O–H groups in total. The maximum absolute atomic E-state index is 13.7. The van der Waals surface area contributed by atoms with E-state index in [9.17, 15) is 22.4 Å². The molecule has 0 atom stereocenters. The molecule has 0 bridgehead atoms. The van der Waals surface area contributed by atoms with Crippen molar-refractivity contribution in [3.05, 3.63) is 59.9 Å². The smallest absolute Gasteiger partial charge is 0.255 e. The lowest BCUT2D eigenvalue weighted by molar-refractivity contribution is -0.119. The number of benzene rings is 2. The van der Waals surface area contributed by atoms with E-state index in [2.05, 4.69) is 5.32 Å². The fourth-order valence-corrected chi connectivity index (χ4v) is 4.22. The molecule has 0 unspecified atom stereocenters. The SMILES string of the molecule is O=CN1CCN(S(=O)(=O)c2cccc(C(=O)Nc3ccccc3F)c2)CC1. The molecule has 1 saturated heterocycles. The van der Waals surface area contributed by atoms with Crippen LogP contribution in [0.25, 0.3) is 0 Å². The first-order chi connectivity index (χ1) is 12.9. The number of hydrogen-bond donors (Lipinski definition) is 1. The van der Waals surface area contributed by atoms with Gasteiger partial charge in [-0.15, -0.1) is 0 Å². The topological polar surface area (TPSA) is 86.8 Å². The van der Waals surface area contributed by atoms with E-state index in [0.717, 1.165) is 0 Å². The Bertz CT molecular complexity index is 957. The zero-order chi connectivity index (χ0) is 19.4. The number of nitrogens with zero attached hydrogens (tertiary/aromatic N) is 2. The van der Waals surface area contributed by atoms with Crippen LogP contribution in [0.4, 0.5) is 10.1 Å². The summed E-state index contributed by atoms with van der Waals surface area (Å²) in [4.78, 5) is 24.6. The third kappa shape index (κ3) is 4.15. The van der Waals surface area contributed by atoms with Crippen molar-refractivity contribution in [3.8, 4) is 0 Å². The summed E-state index contributed by atoms with van der Waals surface area (Å²) in [5.41, 5.74) is 0.117. The summed E-state index contributed by atoms with van der Waals surface area (Å²) in [6.07, 6.45) is 0.692. The Balaban J connectivity index is 1.79. The minimum absolute atomic E-state index is 0.0146. The van der Waals surface area contributed by atoms with Crippen LogP contribution in [-0.2, 0) is 14.8 Å². The molecule has 9 heteroatoms. The van der Waals surface area contributed by atoms with Crippen molar-refractivity contribution in [1.29, 1.82) is 0 Å². The monoisotopic (exact) mass is 391 g/mol. The van der Waals surface area contributed by atoms with Gasteiger partial charge in [0.1, 0.15) is 5.82 Å². The summed E-state index contributed by atoms with van der Waals surface area (Å²) in [5.74, 6) is -1.19. The third-order valence-electron chi connectivity index (χ3n) is 4.28. The Morgan fingerprint density at radius 2 is 1.74 bits per heavy atom. The molecular formula is C18H18FN3O4S. The molecular weight excluding hydrogens is 373 g/mol. The van der Waals surface area contributed by atoms with E-state index in [-0.39, 0.29) is 29.2 Å². The predicted octanol–water partition coefficient (Wildman–Crippen LogP) is 1.54. The van der Waals surface area contributed by atoms with Gasteiger partial charge in [-0.05, 0) is 30.3 Å². The Kier molecular flexibility index (Phi) is 5.52. The number of sulfonamides is 1. The number of amides is 2. The summed E-state index contributed by atoms with van der Waals surface area (Å²) in [6.45, 7) is 1.01. The molecule has 0 radical (unpaired) electrons. The largest absolute Gasteiger partial charge is 0.343 e. The number of piperazine rings is 1. The maximum Gasteiger partial charge on any atom is 0.255 e. The Hall–Kier alpha value is -2.78. The fraction of sp³-hybridized carbons (Fsp3) is 0.222. The second-order valence-electron chi connectivity index (χ2n) is 6.01. The van der Waals surface area contributed by atoms with Crippen molar-refractivity contribution in [2.75, 3.05) is 31.5 Å². The molecule has 2 aromatic carbocycles. The maximum atomic E-state index is 13.7. The van der Waals surface area contributed by atoms with E-state index in [1.54, 1.807) is 6.07 Å². The lowest BCUT2D eigenvalue weighted by Crippen LogP contribution is -2.47. The van der Waals surface area contributed by atoms with E-state index < -0.39 is 21.7 Å². The number of carbonyl (C=O) groups excluding carboxylic acids is 2. The molecule has 1 aliphatic heterocycles. The molecule has 27 heavy (non-hydrogen) atoms. The van der Waals surface area contributed by atoms with Crippen LogP contribution in [0.1, 0.15) is 10.4 Å². The van der Waals surface area contributed by atoms with Crippen LogP contribution in [-0.4, -0.2) is 56.1 Å². The van der Waals surface area contributed by atoms with Crippen molar-refractivity contribution in [2.24, 2.45) is 0 Å². The van der Waals surface area contributed by atoms with Crippen LogP contribution in [0.3, 0.4) is 0 Å². The summed E-state index contributed by atoms with van der Waals surface area (Å²) < 4.78 is 40.6. The van der Waals surface area contributed by atoms with Crippen LogP contribution < -0.4 is 5.32 Å². The van der Waals surface area contributed by atoms with Gasteiger partial charge in [0.2, 0.25) is 16.4 Å². The van der Waals surface area contributed by atoms with E-state index in [1.807, 2.05) is 0 Å². The highest BCUT2D eigenvalue weighted by atomic mass is 32.2. The molecule has 2 amide bonds. The van der Waals surface area contributed by atoms with E-state index in [1.165, 1.54) is 51.7 Å². The average Bonchev–Trinajstić information content (AvgIpc) is 2.70. The van der Waals surface area contributed by atoms with Crippen molar-refractivity contribution in [3.63, 3.8) is 0 Å². The second kappa shape index (κ2) is 7.85. The van der Waals surface area contributed by atoms with Crippen molar-refractivity contribution < 1.29 is 22.4 Å². The van der Waals surface area contributed by atoms with Gasteiger partial charge in [-0.3, -0.25) is 9.59 Å². The normalized spacial score (nSPS) is 15.4. The zero-order valence-electron chi connectivity index (χ0n) is 14.3. The van der Waals surface area contributed by atoms with Crippen molar-refractivity contribution in [2.45, 2.75) is 4.90 Å². The molecule has 0 aromatic heterocycles. The second-order valence-corrected chi connectivity index (χ2v) is 7.95. The minimum Gasteiger partial charge on any atom is -0.343 e. The van der Waals surface area contributed by atoms with Gasteiger partial charge < -0.3 is 10.2 Å². The lowest BCUT2D eigenvalue weighted by atomic mass is 10.2. The first-order valence-corrected chi connectivity index (χ1v) is 9.71. The molecule has 7 nitrogen and oxygen atoms in total. The number of rotatable bonds is 5.